The molecule has 0 aromatic heterocycles. The van der Waals surface area contributed by atoms with Gasteiger partial charge in [0.15, 0.2) is 0 Å². The van der Waals surface area contributed by atoms with Crippen LogP contribution >= 0.6 is 0 Å². The van der Waals surface area contributed by atoms with Crippen molar-refractivity contribution in [3.05, 3.63) is 35.4 Å². The molecule has 1 heterocycles. The summed E-state index contributed by atoms with van der Waals surface area (Å²) in [5.41, 5.74) is 7.06. The van der Waals surface area contributed by atoms with Crippen LogP contribution in [0.3, 0.4) is 0 Å². The van der Waals surface area contributed by atoms with Gasteiger partial charge in [0.2, 0.25) is 0 Å². The number of anilines is 1. The molecule has 0 unspecified atom stereocenters. The van der Waals surface area contributed by atoms with Crippen LogP contribution in [0.2, 0.25) is 0 Å². The van der Waals surface area contributed by atoms with E-state index in [2.05, 4.69) is 54.3 Å². The van der Waals surface area contributed by atoms with Crippen LogP contribution in [0.4, 0.5) is 5.69 Å². The fraction of sp³-hybridized carbons (Fsp3) is 0.526. The molecule has 0 saturated carbocycles. The highest BCUT2D eigenvalue weighted by molar-refractivity contribution is 6.03. The number of hydrogen-bond acceptors (Lipinski definition) is 4. The van der Waals surface area contributed by atoms with E-state index in [4.69, 9.17) is 5.11 Å². The van der Waals surface area contributed by atoms with Gasteiger partial charge in [0.05, 0.1) is 6.61 Å². The predicted molar refractivity (Wildman–Crippen MR) is 99.8 cm³/mol. The highest BCUT2D eigenvalue weighted by Crippen LogP contribution is 2.29. The third-order valence-electron chi connectivity index (χ3n) is 4.65. The molecule has 0 amide bonds. The van der Waals surface area contributed by atoms with Crippen LogP contribution in [0.1, 0.15) is 30.5 Å². The lowest BCUT2D eigenvalue weighted by Gasteiger charge is -2.37. The summed E-state index contributed by atoms with van der Waals surface area (Å²) in [6.45, 7) is 15.4. The van der Waals surface area contributed by atoms with Gasteiger partial charge in [-0.1, -0.05) is 12.2 Å². The summed E-state index contributed by atoms with van der Waals surface area (Å²) < 4.78 is 0. The lowest BCUT2D eigenvalue weighted by atomic mass is 9.94. The molecule has 1 N–H and O–H groups in total. The first-order valence-electron chi connectivity index (χ1n) is 8.30. The Balaban J connectivity index is 2.31. The van der Waals surface area contributed by atoms with Gasteiger partial charge in [-0.3, -0.25) is 9.89 Å². The number of rotatable bonds is 5. The largest absolute Gasteiger partial charge is 0.395 e. The van der Waals surface area contributed by atoms with E-state index in [9.17, 15) is 0 Å². The van der Waals surface area contributed by atoms with Gasteiger partial charge in [-0.25, -0.2) is 0 Å². The Labute approximate surface area is 140 Å². The number of β-amino-alcohol motifs (C(OH)–C–C–N with tert-alkyl or cyclic N) is 1. The van der Waals surface area contributed by atoms with Gasteiger partial charge in [0, 0.05) is 56.7 Å². The van der Waals surface area contributed by atoms with Crippen LogP contribution in [0.15, 0.2) is 23.7 Å². The second-order valence-corrected chi connectivity index (χ2v) is 6.33. The quantitative estimate of drug-likeness (QED) is 0.849. The van der Waals surface area contributed by atoms with Gasteiger partial charge >= 0.3 is 0 Å². The second-order valence-electron chi connectivity index (χ2n) is 6.33. The lowest BCUT2D eigenvalue weighted by molar-refractivity contribution is 0.188. The maximum atomic E-state index is 9.08. The van der Waals surface area contributed by atoms with Crippen LogP contribution in [0.5, 0.6) is 0 Å². The summed E-state index contributed by atoms with van der Waals surface area (Å²) in [7, 11) is 1.84. The van der Waals surface area contributed by atoms with Crippen molar-refractivity contribution < 1.29 is 5.11 Å². The SMILES string of the molecule is C=C(C)c1cc(C)c(N2CCN(CCO)CC2)cc1C(C)=NC. The second kappa shape index (κ2) is 7.75. The van der Waals surface area contributed by atoms with Crippen LogP contribution in [-0.4, -0.2) is 62.1 Å². The Hall–Kier alpha value is -1.65. The van der Waals surface area contributed by atoms with Crippen LogP contribution in [-0.2, 0) is 0 Å². The van der Waals surface area contributed by atoms with Gasteiger partial charge in [-0.15, -0.1) is 0 Å². The molecule has 4 nitrogen and oxygen atoms in total. The number of aliphatic hydroxyl groups excluding tert-OH is 1. The number of aliphatic hydroxyl groups is 1. The summed E-state index contributed by atoms with van der Waals surface area (Å²) >= 11 is 0. The number of hydrogen-bond donors (Lipinski definition) is 1. The molecule has 0 aliphatic carbocycles. The zero-order valence-electron chi connectivity index (χ0n) is 14.9. The van der Waals surface area contributed by atoms with Crippen molar-refractivity contribution in [3.8, 4) is 0 Å². The van der Waals surface area contributed by atoms with Crippen molar-refractivity contribution >= 4 is 17.0 Å². The first kappa shape index (κ1) is 17.7. The Morgan fingerprint density at radius 3 is 2.35 bits per heavy atom. The fourth-order valence-corrected chi connectivity index (χ4v) is 3.16. The Morgan fingerprint density at radius 2 is 1.83 bits per heavy atom. The minimum absolute atomic E-state index is 0.239. The summed E-state index contributed by atoms with van der Waals surface area (Å²) in [5, 5.41) is 9.08. The molecule has 0 bridgehead atoms. The van der Waals surface area contributed by atoms with Crippen molar-refractivity contribution in [1.82, 2.24) is 4.90 Å². The Bertz CT molecular complexity index is 599. The smallest absolute Gasteiger partial charge is 0.0558 e. The highest BCUT2D eigenvalue weighted by Gasteiger charge is 2.20. The molecular formula is C19H29N3O. The van der Waals surface area contributed by atoms with Crippen molar-refractivity contribution in [2.24, 2.45) is 4.99 Å². The molecule has 1 aliphatic heterocycles. The third-order valence-corrected chi connectivity index (χ3v) is 4.65. The summed E-state index contributed by atoms with van der Waals surface area (Å²) in [6, 6.07) is 4.51. The molecule has 4 heteroatoms. The maximum Gasteiger partial charge on any atom is 0.0558 e. The molecule has 1 saturated heterocycles. The van der Waals surface area contributed by atoms with Crippen molar-refractivity contribution in [1.29, 1.82) is 0 Å². The summed E-state index contributed by atoms with van der Waals surface area (Å²) in [6.07, 6.45) is 0. The lowest BCUT2D eigenvalue weighted by Crippen LogP contribution is -2.47. The minimum Gasteiger partial charge on any atom is -0.395 e. The molecule has 23 heavy (non-hydrogen) atoms. The molecule has 1 aromatic rings. The number of aliphatic imine (C=N–C) groups is 1. The Kier molecular flexibility index (Phi) is 5.97. The van der Waals surface area contributed by atoms with Crippen LogP contribution < -0.4 is 4.90 Å². The zero-order valence-corrected chi connectivity index (χ0v) is 14.9. The molecule has 0 radical (unpaired) electrons. The molecule has 1 aliphatic rings. The van der Waals surface area contributed by atoms with E-state index < -0.39 is 0 Å². The first-order chi connectivity index (χ1) is 11.0. The standard InChI is InChI=1S/C19H29N3O/c1-14(2)17-12-15(3)19(13-18(17)16(4)20-5)22-8-6-21(7-9-22)10-11-23/h12-13,23H,1,6-11H2,2-5H3. The van der Waals surface area contributed by atoms with Gasteiger partial charge < -0.3 is 10.0 Å². The fourth-order valence-electron chi connectivity index (χ4n) is 3.16. The Morgan fingerprint density at radius 1 is 1.17 bits per heavy atom. The normalized spacial score (nSPS) is 16.7. The molecular weight excluding hydrogens is 286 g/mol. The summed E-state index contributed by atoms with van der Waals surface area (Å²) in [4.78, 5) is 9.13. The molecule has 0 atom stereocenters. The van der Waals surface area contributed by atoms with Gasteiger partial charge in [0.1, 0.15) is 0 Å². The highest BCUT2D eigenvalue weighted by atomic mass is 16.3. The number of allylic oxidation sites excluding steroid dienone is 1. The number of piperazine rings is 1. The van der Waals surface area contributed by atoms with E-state index in [-0.39, 0.29) is 6.61 Å². The third kappa shape index (κ3) is 4.01. The van der Waals surface area contributed by atoms with Crippen LogP contribution in [0, 0.1) is 6.92 Å². The van der Waals surface area contributed by atoms with E-state index >= 15 is 0 Å². The van der Waals surface area contributed by atoms with E-state index in [0.29, 0.717) is 0 Å². The number of nitrogens with zero attached hydrogens (tertiary/aromatic N) is 3. The van der Waals surface area contributed by atoms with Crippen molar-refractivity contribution in [3.63, 3.8) is 0 Å². The monoisotopic (exact) mass is 315 g/mol. The zero-order chi connectivity index (χ0) is 17.0. The summed E-state index contributed by atoms with van der Waals surface area (Å²) in [5.74, 6) is 0. The van der Waals surface area contributed by atoms with E-state index in [1.165, 1.54) is 22.4 Å². The van der Waals surface area contributed by atoms with E-state index in [1.807, 2.05) is 7.05 Å². The molecule has 2 rings (SSSR count). The maximum absolute atomic E-state index is 9.08. The molecule has 1 fully saturated rings. The number of benzene rings is 1. The minimum atomic E-state index is 0.239. The van der Waals surface area contributed by atoms with E-state index in [0.717, 1.165) is 44.0 Å². The van der Waals surface area contributed by atoms with Crippen molar-refractivity contribution in [2.75, 3.05) is 51.3 Å². The average molecular weight is 315 g/mol. The average Bonchev–Trinajstić information content (AvgIpc) is 2.55. The predicted octanol–water partition coefficient (Wildman–Crippen LogP) is 2.58. The molecule has 0 spiro atoms. The molecule has 126 valence electrons. The van der Waals surface area contributed by atoms with Gasteiger partial charge in [-0.05, 0) is 44.0 Å². The van der Waals surface area contributed by atoms with Crippen LogP contribution in [0.25, 0.3) is 5.57 Å². The van der Waals surface area contributed by atoms with E-state index in [1.54, 1.807) is 0 Å². The van der Waals surface area contributed by atoms with Gasteiger partial charge in [0.25, 0.3) is 0 Å². The number of aryl methyl sites for hydroxylation is 1. The molecule has 1 aromatic carbocycles. The topological polar surface area (TPSA) is 39.1 Å². The first-order valence-corrected chi connectivity index (χ1v) is 8.30. The van der Waals surface area contributed by atoms with Gasteiger partial charge in [-0.2, -0.15) is 0 Å². The van der Waals surface area contributed by atoms with Crippen molar-refractivity contribution in [2.45, 2.75) is 20.8 Å².